The number of nitrogens with one attached hydrogen (secondary N) is 1. The Labute approximate surface area is 77.0 Å². The van der Waals surface area contributed by atoms with Crippen LogP contribution >= 0.6 is 0 Å². The van der Waals surface area contributed by atoms with Crippen molar-refractivity contribution in [1.82, 2.24) is 10.2 Å². The zero-order valence-corrected chi connectivity index (χ0v) is 8.09. The molecular formula is C9H14N2O2. The Hall–Kier alpha value is -1.32. The van der Waals surface area contributed by atoms with E-state index in [0.29, 0.717) is 0 Å². The lowest BCUT2D eigenvalue weighted by molar-refractivity contribution is 0.0690. The van der Waals surface area contributed by atoms with Gasteiger partial charge >= 0.3 is 5.97 Å². The number of carboxylic acid groups (broad SMARTS) is 1. The van der Waals surface area contributed by atoms with Gasteiger partial charge in [0.1, 0.15) is 5.69 Å². The Kier molecular flexibility index (Phi) is 2.40. The van der Waals surface area contributed by atoms with E-state index in [1.54, 1.807) is 6.07 Å². The summed E-state index contributed by atoms with van der Waals surface area (Å²) in [7, 11) is 0. The Bertz CT molecular complexity index is 310. The Balaban J connectivity index is 2.75. The number of hydrogen-bond acceptors (Lipinski definition) is 2. The Morgan fingerprint density at radius 1 is 1.62 bits per heavy atom. The molecule has 4 nitrogen and oxygen atoms in total. The third kappa shape index (κ3) is 2.89. The van der Waals surface area contributed by atoms with E-state index in [0.717, 1.165) is 12.1 Å². The number of aromatic nitrogens is 2. The number of carboxylic acids is 1. The predicted molar refractivity (Wildman–Crippen MR) is 48.7 cm³/mol. The summed E-state index contributed by atoms with van der Waals surface area (Å²) in [6, 6.07) is 1.58. The van der Waals surface area contributed by atoms with Gasteiger partial charge in [-0.2, -0.15) is 5.10 Å². The van der Waals surface area contributed by atoms with Crippen LogP contribution in [-0.2, 0) is 6.42 Å². The summed E-state index contributed by atoms with van der Waals surface area (Å²) in [6.07, 6.45) is 0.775. The molecule has 0 saturated heterocycles. The van der Waals surface area contributed by atoms with Gasteiger partial charge in [-0.1, -0.05) is 20.8 Å². The van der Waals surface area contributed by atoms with Gasteiger partial charge in [0.05, 0.1) is 5.69 Å². The maximum Gasteiger partial charge on any atom is 0.353 e. The Morgan fingerprint density at radius 3 is 2.62 bits per heavy atom. The van der Waals surface area contributed by atoms with Crippen molar-refractivity contribution in [2.75, 3.05) is 0 Å². The van der Waals surface area contributed by atoms with Gasteiger partial charge in [-0.15, -0.1) is 0 Å². The molecule has 1 rings (SSSR count). The molecule has 0 amide bonds. The molecule has 0 spiro atoms. The van der Waals surface area contributed by atoms with Crippen LogP contribution in [0.2, 0.25) is 0 Å². The van der Waals surface area contributed by atoms with Crippen molar-refractivity contribution in [3.63, 3.8) is 0 Å². The molecule has 0 bridgehead atoms. The van der Waals surface area contributed by atoms with Crippen molar-refractivity contribution in [2.45, 2.75) is 27.2 Å². The third-order valence-electron chi connectivity index (χ3n) is 1.57. The molecule has 2 N–H and O–H groups in total. The Morgan fingerprint density at radius 2 is 2.23 bits per heavy atom. The molecule has 0 atom stereocenters. The summed E-state index contributed by atoms with van der Waals surface area (Å²) in [5.41, 5.74) is 1.08. The average molecular weight is 182 g/mol. The molecule has 0 aliphatic rings. The van der Waals surface area contributed by atoms with Gasteiger partial charge in [0, 0.05) is 0 Å². The molecule has 1 aromatic rings. The van der Waals surface area contributed by atoms with Crippen LogP contribution in [0.3, 0.4) is 0 Å². The van der Waals surface area contributed by atoms with E-state index in [2.05, 4.69) is 31.0 Å². The van der Waals surface area contributed by atoms with Gasteiger partial charge < -0.3 is 5.11 Å². The molecule has 72 valence electrons. The number of rotatable bonds is 2. The van der Waals surface area contributed by atoms with Crippen LogP contribution in [0.4, 0.5) is 0 Å². The second kappa shape index (κ2) is 3.20. The van der Waals surface area contributed by atoms with E-state index in [1.165, 1.54) is 0 Å². The van der Waals surface area contributed by atoms with Crippen molar-refractivity contribution >= 4 is 5.97 Å². The largest absolute Gasteiger partial charge is 0.477 e. The van der Waals surface area contributed by atoms with E-state index in [4.69, 9.17) is 5.11 Å². The van der Waals surface area contributed by atoms with Crippen LogP contribution in [0.15, 0.2) is 6.07 Å². The summed E-state index contributed by atoms with van der Waals surface area (Å²) in [6.45, 7) is 6.26. The number of hydrogen-bond donors (Lipinski definition) is 2. The molecule has 1 aromatic heterocycles. The highest BCUT2D eigenvalue weighted by molar-refractivity contribution is 5.85. The van der Waals surface area contributed by atoms with Crippen LogP contribution in [0, 0.1) is 5.41 Å². The zero-order valence-electron chi connectivity index (χ0n) is 8.09. The normalized spacial score (nSPS) is 11.6. The topological polar surface area (TPSA) is 66.0 Å². The quantitative estimate of drug-likeness (QED) is 0.731. The number of aromatic carboxylic acids is 1. The van der Waals surface area contributed by atoms with Crippen LogP contribution in [-0.4, -0.2) is 21.3 Å². The van der Waals surface area contributed by atoms with E-state index in [-0.39, 0.29) is 11.1 Å². The highest BCUT2D eigenvalue weighted by Crippen LogP contribution is 2.19. The molecule has 0 saturated carbocycles. The second-order valence-corrected chi connectivity index (χ2v) is 4.32. The summed E-state index contributed by atoms with van der Waals surface area (Å²) >= 11 is 0. The number of H-pyrrole nitrogens is 1. The van der Waals surface area contributed by atoms with Gasteiger partial charge in [-0.3, -0.25) is 5.10 Å². The van der Waals surface area contributed by atoms with Crippen LogP contribution in [0.5, 0.6) is 0 Å². The van der Waals surface area contributed by atoms with Crippen molar-refractivity contribution in [3.8, 4) is 0 Å². The van der Waals surface area contributed by atoms with Crippen molar-refractivity contribution in [2.24, 2.45) is 5.41 Å². The number of nitrogens with zero attached hydrogens (tertiary/aromatic N) is 1. The molecule has 1 heterocycles. The minimum atomic E-state index is -0.965. The van der Waals surface area contributed by atoms with Gasteiger partial charge in [0.25, 0.3) is 0 Å². The number of carbonyl (C=O) groups is 1. The molecule has 0 aromatic carbocycles. The molecule has 13 heavy (non-hydrogen) atoms. The van der Waals surface area contributed by atoms with Crippen LogP contribution < -0.4 is 0 Å². The molecule has 0 fully saturated rings. The molecule has 0 aliphatic carbocycles. The first kappa shape index (κ1) is 9.77. The van der Waals surface area contributed by atoms with Crippen LogP contribution in [0.1, 0.15) is 37.0 Å². The smallest absolute Gasteiger partial charge is 0.353 e. The average Bonchev–Trinajstić information content (AvgIpc) is 2.31. The first-order valence-corrected chi connectivity index (χ1v) is 4.16. The number of aromatic amines is 1. The third-order valence-corrected chi connectivity index (χ3v) is 1.57. The lowest BCUT2D eigenvalue weighted by atomic mass is 9.90. The molecule has 0 unspecified atom stereocenters. The fourth-order valence-corrected chi connectivity index (χ4v) is 1.11. The van der Waals surface area contributed by atoms with Crippen molar-refractivity contribution in [3.05, 3.63) is 17.5 Å². The minimum absolute atomic E-state index is 0.130. The predicted octanol–water partition coefficient (Wildman–Crippen LogP) is 1.70. The van der Waals surface area contributed by atoms with Gasteiger partial charge in [0.2, 0.25) is 0 Å². The monoisotopic (exact) mass is 182 g/mol. The fourth-order valence-electron chi connectivity index (χ4n) is 1.11. The van der Waals surface area contributed by atoms with Crippen molar-refractivity contribution < 1.29 is 9.90 Å². The molecule has 4 heteroatoms. The standard InChI is InChI=1S/C9H14N2O2/c1-9(2,3)5-6-4-7(8(12)13)11-10-6/h4H,5H2,1-3H3,(H,10,11)(H,12,13). The first-order chi connectivity index (χ1) is 5.88. The first-order valence-electron chi connectivity index (χ1n) is 4.16. The molecule has 0 radical (unpaired) electrons. The van der Waals surface area contributed by atoms with E-state index in [9.17, 15) is 4.79 Å². The SMILES string of the molecule is CC(C)(C)Cc1cc(C(=O)O)[nH]n1. The van der Waals surface area contributed by atoms with E-state index < -0.39 is 5.97 Å². The van der Waals surface area contributed by atoms with Gasteiger partial charge in [-0.25, -0.2) is 4.79 Å². The summed E-state index contributed by atoms with van der Waals surface area (Å²) in [5, 5.41) is 15.0. The highest BCUT2D eigenvalue weighted by Gasteiger charge is 2.15. The summed E-state index contributed by atoms with van der Waals surface area (Å²) in [5.74, 6) is -0.965. The second-order valence-electron chi connectivity index (χ2n) is 4.32. The van der Waals surface area contributed by atoms with E-state index in [1.807, 2.05) is 0 Å². The maximum absolute atomic E-state index is 10.5. The maximum atomic E-state index is 10.5. The molecule has 0 aliphatic heterocycles. The fraction of sp³-hybridized carbons (Fsp3) is 0.556. The van der Waals surface area contributed by atoms with Crippen molar-refractivity contribution in [1.29, 1.82) is 0 Å². The van der Waals surface area contributed by atoms with Gasteiger partial charge in [0.15, 0.2) is 0 Å². The van der Waals surface area contributed by atoms with E-state index >= 15 is 0 Å². The summed E-state index contributed by atoms with van der Waals surface area (Å²) < 4.78 is 0. The minimum Gasteiger partial charge on any atom is -0.477 e. The lowest BCUT2D eigenvalue weighted by Crippen LogP contribution is -2.09. The zero-order chi connectivity index (χ0) is 10.1. The van der Waals surface area contributed by atoms with Crippen LogP contribution in [0.25, 0.3) is 0 Å². The van der Waals surface area contributed by atoms with Gasteiger partial charge in [-0.05, 0) is 17.9 Å². The summed E-state index contributed by atoms with van der Waals surface area (Å²) in [4.78, 5) is 10.5. The highest BCUT2D eigenvalue weighted by atomic mass is 16.4. The lowest BCUT2D eigenvalue weighted by Gasteiger charge is -2.15. The molecular weight excluding hydrogens is 168 g/mol.